The van der Waals surface area contributed by atoms with E-state index in [0.717, 1.165) is 60.8 Å². The Morgan fingerprint density at radius 2 is 0.810 bits per heavy atom. The molecule has 0 saturated carbocycles. The van der Waals surface area contributed by atoms with Gasteiger partial charge in [0.05, 0.1) is 0 Å². The third-order valence-corrected chi connectivity index (χ3v) is 16.2. The van der Waals surface area contributed by atoms with Crippen molar-refractivity contribution in [3.8, 4) is 11.5 Å². The monoisotopic (exact) mass is 1160 g/mol. The zero-order chi connectivity index (χ0) is 60.2. The average Bonchev–Trinajstić information content (AvgIpc) is 3.68. The molecule has 84 heavy (non-hydrogen) atoms. The Kier molecular flexibility index (Phi) is 15.8. The summed E-state index contributed by atoms with van der Waals surface area (Å²) in [5.41, 5.74) is 10.9. The molecule has 430 valence electrons. The summed E-state index contributed by atoms with van der Waals surface area (Å²) in [4.78, 5) is 28.0. The van der Waals surface area contributed by atoms with Crippen molar-refractivity contribution in [3.63, 3.8) is 0 Å². The van der Waals surface area contributed by atoms with Crippen molar-refractivity contribution < 1.29 is 55.8 Å². The van der Waals surface area contributed by atoms with Gasteiger partial charge in [0, 0.05) is 101 Å². The van der Waals surface area contributed by atoms with Crippen LogP contribution < -0.4 is 9.47 Å². The Hall–Kier alpha value is -8.83. The van der Waals surface area contributed by atoms with E-state index in [0.29, 0.717) is 57.1 Å². The standard InChI is InChI=1S/C67H58F6N4O6S/c1-9-76-53-23-19-43(31-49(53)51-33-45(21-25-55(51)76)63(78)59-39(5)27-37(3)28-40(59)6)61(74-80)47-15-11-13-17-57(47)82-35-65(68,69)67(72,73)84-66(70,71)36-83-58-18-14-12-16-48(58)62(75-81)44-20-24-54-50(32-44)52-34-46(22-26-56(52)77(54)10-2)64(79)60-41(7)29-38(4)30-42(60)8/h11-34,80-81H,9-10,35-36H2,1-8H3/b74-61+,75-62+. The highest BCUT2D eigenvalue weighted by molar-refractivity contribution is 8.01. The molecule has 0 spiro atoms. The maximum Gasteiger partial charge on any atom is 0.365 e. The Morgan fingerprint density at radius 3 is 1.17 bits per heavy atom. The number of thioether (sulfide) groups is 1. The number of halogens is 6. The molecule has 8 aromatic carbocycles. The van der Waals surface area contributed by atoms with E-state index in [9.17, 15) is 20.0 Å². The second-order valence-corrected chi connectivity index (χ2v) is 22.4. The van der Waals surface area contributed by atoms with Crippen molar-refractivity contribution in [1.29, 1.82) is 0 Å². The van der Waals surface area contributed by atoms with Crippen LogP contribution in [0.2, 0.25) is 0 Å². The van der Waals surface area contributed by atoms with Gasteiger partial charge in [-0.15, -0.1) is 0 Å². The molecular weight excluding hydrogens is 1100 g/mol. The number of carbonyl (C=O) groups is 2. The van der Waals surface area contributed by atoms with Gasteiger partial charge in [-0.1, -0.05) is 82.1 Å². The third-order valence-electron chi connectivity index (χ3n) is 15.2. The van der Waals surface area contributed by atoms with Crippen molar-refractivity contribution >= 4 is 78.4 Å². The summed E-state index contributed by atoms with van der Waals surface area (Å²) in [7, 11) is 0. The summed E-state index contributed by atoms with van der Waals surface area (Å²) in [6.07, 6.45) is 0. The smallest absolute Gasteiger partial charge is 0.365 e. The molecule has 0 fully saturated rings. The molecular formula is C67H58F6N4O6S. The van der Waals surface area contributed by atoms with E-state index in [1.54, 1.807) is 60.7 Å². The summed E-state index contributed by atoms with van der Waals surface area (Å²) in [6, 6.07) is 39.9. The van der Waals surface area contributed by atoms with Gasteiger partial charge in [0.15, 0.2) is 24.8 Å². The number of rotatable bonds is 19. The lowest BCUT2D eigenvalue weighted by atomic mass is 9.92. The van der Waals surface area contributed by atoms with Crippen molar-refractivity contribution in [2.75, 3.05) is 13.2 Å². The van der Waals surface area contributed by atoms with Gasteiger partial charge in [0.25, 0.3) is 0 Å². The minimum atomic E-state index is -5.44. The number of aryl methyl sites for hydroxylation is 8. The van der Waals surface area contributed by atoms with Crippen LogP contribution in [-0.4, -0.2) is 72.2 Å². The van der Waals surface area contributed by atoms with Crippen LogP contribution in [0.4, 0.5) is 26.3 Å². The first-order valence-electron chi connectivity index (χ1n) is 27.1. The third kappa shape index (κ3) is 10.8. The maximum absolute atomic E-state index is 15.7. The molecule has 0 atom stereocenters. The lowest BCUT2D eigenvalue weighted by molar-refractivity contribution is -0.171. The van der Waals surface area contributed by atoms with Crippen LogP contribution in [0.5, 0.6) is 11.5 Å². The van der Waals surface area contributed by atoms with Gasteiger partial charge < -0.3 is 29.0 Å². The Labute approximate surface area is 484 Å². The fourth-order valence-electron chi connectivity index (χ4n) is 11.6. The molecule has 2 N–H and O–H groups in total. The number of carbonyl (C=O) groups excluding carboxylic acids is 2. The topological polar surface area (TPSA) is 128 Å². The molecule has 2 heterocycles. The predicted molar refractivity (Wildman–Crippen MR) is 320 cm³/mol. The van der Waals surface area contributed by atoms with Gasteiger partial charge in [-0.05, 0) is 174 Å². The molecule has 0 unspecified atom stereocenters. The molecule has 0 aliphatic rings. The zero-order valence-electron chi connectivity index (χ0n) is 47.2. The normalized spacial score (nSPS) is 12.7. The molecule has 0 radical (unpaired) electrons. The van der Waals surface area contributed by atoms with Gasteiger partial charge in [0.2, 0.25) is 0 Å². The highest BCUT2D eigenvalue weighted by Gasteiger charge is 2.62. The predicted octanol–water partition coefficient (Wildman–Crippen LogP) is 16.7. The van der Waals surface area contributed by atoms with Gasteiger partial charge in [0.1, 0.15) is 22.9 Å². The number of fused-ring (bicyclic) bond motifs is 6. The summed E-state index contributed by atoms with van der Waals surface area (Å²) in [6.45, 7) is 12.7. The van der Waals surface area contributed by atoms with E-state index < -0.39 is 47.2 Å². The number of alkyl halides is 6. The first-order valence-corrected chi connectivity index (χ1v) is 27.9. The number of hydrogen-bond donors (Lipinski definition) is 2. The quantitative estimate of drug-likeness (QED) is 0.0271. The second kappa shape index (κ2) is 22.7. The fraction of sp³-hybridized carbons (Fsp3) is 0.224. The number of aromatic nitrogens is 2. The van der Waals surface area contributed by atoms with Gasteiger partial charge in [-0.3, -0.25) is 9.59 Å². The Bertz CT molecular complexity index is 4310. The Morgan fingerprint density at radius 1 is 0.476 bits per heavy atom. The van der Waals surface area contributed by atoms with Crippen LogP contribution in [0.1, 0.15) is 101 Å². The van der Waals surface area contributed by atoms with E-state index >= 15 is 26.3 Å². The van der Waals surface area contributed by atoms with Crippen LogP contribution in [0.15, 0.2) is 156 Å². The molecule has 0 bridgehead atoms. The highest BCUT2D eigenvalue weighted by atomic mass is 32.2. The zero-order valence-corrected chi connectivity index (χ0v) is 48.0. The number of oxime groups is 2. The lowest BCUT2D eigenvalue weighted by Gasteiger charge is -2.29. The maximum atomic E-state index is 15.7. The number of hydrogen-bond acceptors (Lipinski definition) is 9. The molecule has 0 aliphatic heterocycles. The molecule has 0 aliphatic carbocycles. The number of benzene rings is 8. The van der Waals surface area contributed by atoms with E-state index in [-0.39, 0.29) is 45.4 Å². The van der Waals surface area contributed by atoms with Crippen LogP contribution in [0.3, 0.4) is 0 Å². The van der Waals surface area contributed by atoms with E-state index in [2.05, 4.69) is 14.9 Å². The van der Waals surface area contributed by atoms with E-state index in [1.807, 2.05) is 96.4 Å². The summed E-state index contributed by atoms with van der Waals surface area (Å²) < 4.78 is 109. The number of nitrogens with zero attached hydrogens (tertiary/aromatic N) is 4. The second-order valence-electron chi connectivity index (χ2n) is 21.0. The van der Waals surface area contributed by atoms with Crippen LogP contribution in [0, 0.1) is 41.5 Å². The molecule has 0 amide bonds. The molecule has 10 rings (SSSR count). The minimum absolute atomic E-state index is 0.0206. The number of ketones is 2. The summed E-state index contributed by atoms with van der Waals surface area (Å²) in [5, 5.41) is 20.7. The van der Waals surface area contributed by atoms with Gasteiger partial charge >= 0.3 is 16.4 Å². The summed E-state index contributed by atoms with van der Waals surface area (Å²) in [5.74, 6) is -6.27. The number of ether oxygens (including phenoxy) is 2. The fourth-order valence-corrected chi connectivity index (χ4v) is 12.3. The average molecular weight is 1160 g/mol. The van der Waals surface area contributed by atoms with Crippen LogP contribution in [0.25, 0.3) is 43.6 Å². The highest BCUT2D eigenvalue weighted by Crippen LogP contribution is 2.51. The molecule has 0 saturated heterocycles. The van der Waals surface area contributed by atoms with Crippen molar-refractivity contribution in [2.24, 2.45) is 10.3 Å². The molecule has 10 nitrogen and oxygen atoms in total. The van der Waals surface area contributed by atoms with E-state index in [1.165, 1.54) is 48.5 Å². The van der Waals surface area contributed by atoms with Crippen LogP contribution in [-0.2, 0) is 13.1 Å². The largest absolute Gasteiger partial charge is 0.486 e. The molecule has 2 aromatic heterocycles. The first-order chi connectivity index (χ1) is 40.0. The summed E-state index contributed by atoms with van der Waals surface area (Å²) >= 11 is -1.60. The minimum Gasteiger partial charge on any atom is -0.486 e. The molecule has 10 aromatic rings. The van der Waals surface area contributed by atoms with E-state index in [4.69, 9.17) is 9.47 Å². The van der Waals surface area contributed by atoms with Crippen molar-refractivity contribution in [2.45, 2.75) is 84.9 Å². The lowest BCUT2D eigenvalue weighted by Crippen LogP contribution is -2.45. The first kappa shape index (κ1) is 58.4. The Balaban J connectivity index is 0.860. The molecule has 17 heteroatoms. The van der Waals surface area contributed by atoms with Crippen molar-refractivity contribution in [1.82, 2.24) is 9.13 Å². The SMILES string of the molecule is CCn1c2ccc(C(=O)c3c(C)cc(C)cc3C)cc2c2cc(/C(=N\O)c3ccccc3OCC(F)(F)SC(F)(F)C(F)(F)COc3ccccc3/C(=N/O)c3ccc4c(c3)c3cc(C(=O)c5c(C)cc(C)cc5C)ccc3n4CC)ccc21. The van der Waals surface area contributed by atoms with Gasteiger partial charge in [-0.2, -0.15) is 26.3 Å². The van der Waals surface area contributed by atoms with Crippen LogP contribution >= 0.6 is 11.8 Å². The van der Waals surface area contributed by atoms with Crippen molar-refractivity contribution in [3.05, 3.63) is 223 Å². The van der Waals surface area contributed by atoms with Gasteiger partial charge in [-0.25, -0.2) is 0 Å². The number of para-hydroxylation sites is 2.